The van der Waals surface area contributed by atoms with Crippen LogP contribution in [0.4, 0.5) is 5.69 Å². The molecule has 0 bridgehead atoms. The number of H-pyrrole nitrogens is 2. The molecule has 2 heterocycles. The summed E-state index contributed by atoms with van der Waals surface area (Å²) in [5, 5.41) is 12.5. The van der Waals surface area contributed by atoms with Crippen molar-refractivity contribution in [2.24, 2.45) is 0 Å². The highest BCUT2D eigenvalue weighted by molar-refractivity contribution is 5.95. The summed E-state index contributed by atoms with van der Waals surface area (Å²) in [5.74, 6) is 0.0873. The third kappa shape index (κ3) is 4.97. The van der Waals surface area contributed by atoms with E-state index in [1.807, 2.05) is 12.3 Å². The number of hydrogen-bond acceptors (Lipinski definition) is 3. The maximum atomic E-state index is 12.1. The van der Waals surface area contributed by atoms with Gasteiger partial charge in [-0.2, -0.15) is 5.10 Å². The molecular weight excluding hydrogens is 386 g/mol. The van der Waals surface area contributed by atoms with Gasteiger partial charge in [0.2, 0.25) is 5.91 Å². The fraction of sp³-hybridized carbons (Fsp3) is 0.360. The first kappa shape index (κ1) is 21.1. The Balaban J connectivity index is 1.43. The zero-order valence-corrected chi connectivity index (χ0v) is 18.6. The molecule has 2 aromatic carbocycles. The molecule has 162 valence electrons. The lowest BCUT2D eigenvalue weighted by Crippen LogP contribution is -2.20. The highest BCUT2D eigenvalue weighted by Crippen LogP contribution is 2.26. The molecule has 1 amide bonds. The van der Waals surface area contributed by atoms with Crippen molar-refractivity contribution in [3.63, 3.8) is 0 Å². The number of hydrogen-bond donors (Lipinski definition) is 3. The first-order valence-electron chi connectivity index (χ1n) is 11.0. The van der Waals surface area contributed by atoms with Crippen LogP contribution in [0.25, 0.3) is 21.8 Å². The monoisotopic (exact) mass is 417 g/mol. The third-order valence-electron chi connectivity index (χ3n) is 5.86. The summed E-state index contributed by atoms with van der Waals surface area (Å²) < 4.78 is 0. The van der Waals surface area contributed by atoms with Crippen molar-refractivity contribution in [3.8, 4) is 0 Å². The number of rotatable bonds is 9. The second-order valence-electron chi connectivity index (χ2n) is 8.42. The predicted molar refractivity (Wildman–Crippen MR) is 127 cm³/mol. The van der Waals surface area contributed by atoms with Gasteiger partial charge in [-0.1, -0.05) is 19.4 Å². The summed E-state index contributed by atoms with van der Waals surface area (Å²) >= 11 is 0. The van der Waals surface area contributed by atoms with Gasteiger partial charge in [0.1, 0.15) is 0 Å². The number of amides is 1. The summed E-state index contributed by atoms with van der Waals surface area (Å²) in [7, 11) is 2.16. The van der Waals surface area contributed by atoms with Crippen molar-refractivity contribution in [2.45, 2.75) is 46.1 Å². The molecule has 0 saturated carbocycles. The Hall–Kier alpha value is -3.12. The van der Waals surface area contributed by atoms with E-state index in [1.165, 1.54) is 22.2 Å². The number of aromatic amines is 2. The number of fused-ring (bicyclic) bond motifs is 2. The van der Waals surface area contributed by atoms with Crippen molar-refractivity contribution < 1.29 is 4.79 Å². The molecule has 0 aliphatic rings. The van der Waals surface area contributed by atoms with Crippen molar-refractivity contribution in [1.29, 1.82) is 0 Å². The molecule has 0 unspecified atom stereocenters. The lowest BCUT2D eigenvalue weighted by molar-refractivity contribution is -0.116. The number of carbonyl (C=O) groups excluding carboxylic acids is 1. The molecule has 6 nitrogen and oxygen atoms in total. The molecule has 4 rings (SSSR count). The van der Waals surface area contributed by atoms with E-state index in [0.717, 1.165) is 54.5 Å². The summed E-state index contributed by atoms with van der Waals surface area (Å²) in [6.45, 7) is 6.06. The Morgan fingerprint density at radius 1 is 1.16 bits per heavy atom. The SMILES string of the molecule is CCCCC(=O)Nc1ccc2[nH]c(C)c(CCN(C)Cc3ccc4[nH]ncc4c3)c2c1. The first-order valence-corrected chi connectivity index (χ1v) is 11.0. The number of likely N-dealkylation sites (N-methyl/N-ethyl adjacent to an activating group) is 1. The van der Waals surface area contributed by atoms with Gasteiger partial charge in [0.25, 0.3) is 0 Å². The molecular formula is C25H31N5O. The van der Waals surface area contributed by atoms with E-state index in [-0.39, 0.29) is 5.91 Å². The predicted octanol–water partition coefficient (Wildman–Crippen LogP) is 5.16. The van der Waals surface area contributed by atoms with E-state index >= 15 is 0 Å². The van der Waals surface area contributed by atoms with E-state index in [0.29, 0.717) is 6.42 Å². The highest BCUT2D eigenvalue weighted by atomic mass is 16.1. The molecule has 0 fully saturated rings. The number of anilines is 1. The number of unbranched alkanes of at least 4 members (excludes halogenated alkanes) is 1. The van der Waals surface area contributed by atoms with E-state index in [1.54, 1.807) is 0 Å². The van der Waals surface area contributed by atoms with Crippen LogP contribution >= 0.6 is 0 Å². The van der Waals surface area contributed by atoms with Crippen LogP contribution in [0.2, 0.25) is 0 Å². The summed E-state index contributed by atoms with van der Waals surface area (Å²) in [6, 6.07) is 12.6. The molecule has 6 heteroatoms. The van der Waals surface area contributed by atoms with Crippen molar-refractivity contribution >= 4 is 33.4 Å². The quantitative estimate of drug-likeness (QED) is 0.352. The van der Waals surface area contributed by atoms with Crippen LogP contribution < -0.4 is 5.32 Å². The van der Waals surface area contributed by atoms with E-state index in [4.69, 9.17) is 0 Å². The van der Waals surface area contributed by atoms with Crippen molar-refractivity contribution in [3.05, 3.63) is 59.4 Å². The number of nitrogens with zero attached hydrogens (tertiary/aromatic N) is 2. The van der Waals surface area contributed by atoms with Crippen LogP contribution in [0.3, 0.4) is 0 Å². The number of benzene rings is 2. The number of aryl methyl sites for hydroxylation is 1. The fourth-order valence-electron chi connectivity index (χ4n) is 4.13. The number of nitrogens with one attached hydrogen (secondary N) is 3. The molecule has 0 atom stereocenters. The maximum absolute atomic E-state index is 12.1. The average molecular weight is 418 g/mol. The molecule has 0 saturated heterocycles. The Labute approximate surface area is 183 Å². The Morgan fingerprint density at radius 3 is 2.84 bits per heavy atom. The minimum absolute atomic E-state index is 0.0873. The molecule has 4 aromatic rings. The Kier molecular flexibility index (Phi) is 6.37. The average Bonchev–Trinajstić information content (AvgIpc) is 3.33. The topological polar surface area (TPSA) is 76.8 Å². The molecule has 0 spiro atoms. The van der Waals surface area contributed by atoms with Gasteiger partial charge < -0.3 is 15.2 Å². The zero-order valence-electron chi connectivity index (χ0n) is 18.6. The standard InChI is InChI=1S/C25H31N5O/c1-4-5-6-25(31)28-20-8-10-24-22(14-20)21(17(2)27-24)11-12-30(3)16-18-7-9-23-19(13-18)15-26-29-23/h7-10,13-15,27H,4-6,11-12,16H2,1-3H3,(H,26,29)(H,28,31). The number of aromatic nitrogens is 3. The molecule has 3 N–H and O–H groups in total. The van der Waals surface area contributed by atoms with E-state index < -0.39 is 0 Å². The second kappa shape index (κ2) is 9.35. The molecule has 0 radical (unpaired) electrons. The van der Waals surface area contributed by atoms with Gasteiger partial charge in [0, 0.05) is 47.2 Å². The Bertz CT molecular complexity index is 1190. The van der Waals surface area contributed by atoms with E-state index in [9.17, 15) is 4.79 Å². The molecule has 0 aliphatic carbocycles. The highest BCUT2D eigenvalue weighted by Gasteiger charge is 2.12. The third-order valence-corrected chi connectivity index (χ3v) is 5.86. The second-order valence-corrected chi connectivity index (χ2v) is 8.42. The summed E-state index contributed by atoms with van der Waals surface area (Å²) in [5.41, 5.74) is 6.85. The van der Waals surface area contributed by atoms with Gasteiger partial charge in [0.05, 0.1) is 11.7 Å². The summed E-state index contributed by atoms with van der Waals surface area (Å²) in [4.78, 5) is 18.0. The zero-order chi connectivity index (χ0) is 21.8. The smallest absolute Gasteiger partial charge is 0.224 e. The van der Waals surface area contributed by atoms with Gasteiger partial charge in [0.15, 0.2) is 0 Å². The lowest BCUT2D eigenvalue weighted by atomic mass is 10.1. The van der Waals surface area contributed by atoms with Crippen LogP contribution in [0, 0.1) is 6.92 Å². The van der Waals surface area contributed by atoms with Gasteiger partial charge in [-0.15, -0.1) is 0 Å². The largest absolute Gasteiger partial charge is 0.358 e. The summed E-state index contributed by atoms with van der Waals surface area (Å²) in [6.07, 6.45) is 5.33. The van der Waals surface area contributed by atoms with Crippen LogP contribution in [0.5, 0.6) is 0 Å². The molecule has 2 aromatic heterocycles. The number of carbonyl (C=O) groups is 1. The van der Waals surface area contributed by atoms with Crippen molar-refractivity contribution in [1.82, 2.24) is 20.1 Å². The van der Waals surface area contributed by atoms with Crippen LogP contribution in [-0.4, -0.2) is 39.6 Å². The van der Waals surface area contributed by atoms with Gasteiger partial charge in [-0.25, -0.2) is 0 Å². The van der Waals surface area contributed by atoms with Crippen molar-refractivity contribution in [2.75, 3.05) is 18.9 Å². The molecule has 31 heavy (non-hydrogen) atoms. The van der Waals surface area contributed by atoms with Gasteiger partial charge in [-0.05, 0) is 68.3 Å². The Morgan fingerprint density at radius 2 is 2.00 bits per heavy atom. The minimum atomic E-state index is 0.0873. The lowest BCUT2D eigenvalue weighted by Gasteiger charge is -2.17. The molecule has 0 aliphatic heterocycles. The van der Waals surface area contributed by atoms with Crippen LogP contribution in [-0.2, 0) is 17.8 Å². The maximum Gasteiger partial charge on any atom is 0.224 e. The van der Waals surface area contributed by atoms with Crippen LogP contribution in [0.15, 0.2) is 42.6 Å². The fourth-order valence-corrected chi connectivity index (χ4v) is 4.13. The van der Waals surface area contributed by atoms with E-state index in [2.05, 4.69) is 76.6 Å². The minimum Gasteiger partial charge on any atom is -0.358 e. The normalized spacial score (nSPS) is 11.6. The first-order chi connectivity index (χ1) is 15.0. The van der Waals surface area contributed by atoms with Gasteiger partial charge >= 0.3 is 0 Å². The van der Waals surface area contributed by atoms with Crippen LogP contribution in [0.1, 0.15) is 43.0 Å². The van der Waals surface area contributed by atoms with Gasteiger partial charge in [-0.3, -0.25) is 9.89 Å².